The van der Waals surface area contributed by atoms with Crippen molar-refractivity contribution in [2.75, 3.05) is 31.1 Å². The van der Waals surface area contributed by atoms with E-state index in [2.05, 4.69) is 53.3 Å². The van der Waals surface area contributed by atoms with Crippen molar-refractivity contribution in [2.45, 2.75) is 19.8 Å². The van der Waals surface area contributed by atoms with E-state index in [9.17, 15) is 4.79 Å². The third-order valence-electron chi connectivity index (χ3n) is 5.59. The number of piperazine rings is 1. The van der Waals surface area contributed by atoms with Crippen LogP contribution < -0.4 is 4.90 Å². The maximum Gasteiger partial charge on any atom is 0.223 e. The predicted molar refractivity (Wildman–Crippen MR) is 117 cm³/mol. The van der Waals surface area contributed by atoms with Gasteiger partial charge in [0.1, 0.15) is 0 Å². The molecular weight excluding hydrogens is 360 g/mol. The van der Waals surface area contributed by atoms with E-state index >= 15 is 0 Å². The Morgan fingerprint density at radius 1 is 0.966 bits per heavy atom. The quantitative estimate of drug-likeness (QED) is 0.670. The zero-order valence-corrected chi connectivity index (χ0v) is 17.2. The maximum absolute atomic E-state index is 12.8. The third kappa shape index (κ3) is 4.50. The van der Waals surface area contributed by atoms with Crippen LogP contribution in [0.2, 0.25) is 0 Å². The fourth-order valence-corrected chi connectivity index (χ4v) is 3.93. The van der Waals surface area contributed by atoms with Gasteiger partial charge in [-0.1, -0.05) is 48.0 Å². The molecule has 150 valence electrons. The average molecular weight is 389 g/mol. The number of carbonyl (C=O) groups is 1. The smallest absolute Gasteiger partial charge is 0.223 e. The van der Waals surface area contributed by atoms with Crippen molar-refractivity contribution in [1.82, 2.24) is 14.7 Å². The number of amides is 1. The second-order valence-corrected chi connectivity index (χ2v) is 7.75. The van der Waals surface area contributed by atoms with Gasteiger partial charge in [-0.05, 0) is 31.0 Å². The Hall–Kier alpha value is -3.08. The van der Waals surface area contributed by atoms with Crippen LogP contribution in [-0.2, 0) is 18.3 Å². The predicted octanol–water partition coefficient (Wildman–Crippen LogP) is 3.68. The van der Waals surface area contributed by atoms with E-state index in [-0.39, 0.29) is 5.91 Å². The second-order valence-electron chi connectivity index (χ2n) is 7.75. The molecule has 1 aliphatic rings. The number of carbonyl (C=O) groups excluding carboxylic acids is 1. The molecule has 0 aliphatic carbocycles. The van der Waals surface area contributed by atoms with Crippen LogP contribution >= 0.6 is 0 Å². The van der Waals surface area contributed by atoms with Crippen molar-refractivity contribution < 1.29 is 4.79 Å². The fourth-order valence-electron chi connectivity index (χ4n) is 3.93. The molecule has 2 heterocycles. The molecule has 0 N–H and O–H groups in total. The van der Waals surface area contributed by atoms with Crippen molar-refractivity contribution in [1.29, 1.82) is 0 Å². The summed E-state index contributed by atoms with van der Waals surface area (Å²) in [7, 11) is 1.93. The number of hydrogen-bond acceptors (Lipinski definition) is 3. The number of benzene rings is 2. The van der Waals surface area contributed by atoms with Gasteiger partial charge in [-0.2, -0.15) is 5.10 Å². The first-order valence-corrected chi connectivity index (χ1v) is 10.3. The number of hydrogen-bond donors (Lipinski definition) is 0. The van der Waals surface area contributed by atoms with Crippen LogP contribution in [-0.4, -0.2) is 46.8 Å². The van der Waals surface area contributed by atoms with E-state index in [0.29, 0.717) is 6.42 Å². The van der Waals surface area contributed by atoms with Gasteiger partial charge in [0, 0.05) is 57.1 Å². The van der Waals surface area contributed by atoms with Gasteiger partial charge >= 0.3 is 0 Å². The molecule has 1 aliphatic heterocycles. The average Bonchev–Trinajstić information content (AvgIpc) is 3.14. The Morgan fingerprint density at radius 2 is 1.66 bits per heavy atom. The lowest BCUT2D eigenvalue weighted by molar-refractivity contribution is -0.131. The van der Waals surface area contributed by atoms with Crippen LogP contribution in [0, 0.1) is 6.92 Å². The van der Waals surface area contributed by atoms with E-state index in [0.717, 1.165) is 49.4 Å². The van der Waals surface area contributed by atoms with Crippen LogP contribution in [0.5, 0.6) is 0 Å². The summed E-state index contributed by atoms with van der Waals surface area (Å²) < 4.78 is 1.84. The van der Waals surface area contributed by atoms with Gasteiger partial charge in [-0.15, -0.1) is 0 Å². The number of aromatic nitrogens is 2. The van der Waals surface area contributed by atoms with Gasteiger partial charge in [-0.25, -0.2) is 0 Å². The number of aryl methyl sites for hydroxylation is 3. The summed E-state index contributed by atoms with van der Waals surface area (Å²) in [4.78, 5) is 17.2. The molecule has 29 heavy (non-hydrogen) atoms. The van der Waals surface area contributed by atoms with Gasteiger partial charge in [-0.3, -0.25) is 9.48 Å². The Morgan fingerprint density at radius 3 is 2.34 bits per heavy atom. The van der Waals surface area contributed by atoms with Gasteiger partial charge in [0.25, 0.3) is 0 Å². The molecule has 5 heteroatoms. The molecule has 0 bridgehead atoms. The molecule has 1 fully saturated rings. The molecular formula is C24H28N4O. The molecule has 2 aromatic carbocycles. The van der Waals surface area contributed by atoms with Crippen molar-refractivity contribution in [3.05, 3.63) is 71.9 Å². The summed E-state index contributed by atoms with van der Waals surface area (Å²) in [5.74, 6) is 0.233. The second kappa shape index (κ2) is 8.52. The molecule has 0 spiro atoms. The molecule has 1 saturated heterocycles. The number of anilines is 1. The molecule has 0 radical (unpaired) electrons. The van der Waals surface area contributed by atoms with Crippen LogP contribution in [0.15, 0.2) is 60.8 Å². The summed E-state index contributed by atoms with van der Waals surface area (Å²) in [5, 5.41) is 4.61. The largest absolute Gasteiger partial charge is 0.368 e. The lowest BCUT2D eigenvalue weighted by Gasteiger charge is -2.36. The molecule has 5 nitrogen and oxygen atoms in total. The minimum atomic E-state index is 0.233. The third-order valence-corrected chi connectivity index (χ3v) is 5.59. The highest BCUT2D eigenvalue weighted by Crippen LogP contribution is 2.23. The SMILES string of the molecule is Cc1ccc(N2CCN(C(=O)CCc3cn(C)nc3-c3ccccc3)CC2)cc1. The van der Waals surface area contributed by atoms with Crippen molar-refractivity contribution in [3.63, 3.8) is 0 Å². The molecule has 1 amide bonds. The molecule has 3 aromatic rings. The van der Waals surface area contributed by atoms with Gasteiger partial charge in [0.2, 0.25) is 5.91 Å². The van der Waals surface area contributed by atoms with E-state index in [4.69, 9.17) is 0 Å². The highest BCUT2D eigenvalue weighted by atomic mass is 16.2. The van der Waals surface area contributed by atoms with Crippen molar-refractivity contribution in [2.24, 2.45) is 7.05 Å². The standard InChI is InChI=1S/C24H28N4O/c1-19-8-11-22(12-9-19)27-14-16-28(17-15-27)23(29)13-10-21-18-26(2)25-24(21)20-6-4-3-5-7-20/h3-9,11-12,18H,10,13-17H2,1-2H3. The summed E-state index contributed by atoms with van der Waals surface area (Å²) in [5.41, 5.74) is 5.72. The van der Waals surface area contributed by atoms with Gasteiger partial charge in [0.05, 0.1) is 5.69 Å². The van der Waals surface area contributed by atoms with E-state index in [1.807, 2.05) is 41.0 Å². The lowest BCUT2D eigenvalue weighted by Crippen LogP contribution is -2.48. The van der Waals surface area contributed by atoms with E-state index in [1.54, 1.807) is 0 Å². The first-order chi connectivity index (χ1) is 14.1. The number of rotatable bonds is 5. The zero-order chi connectivity index (χ0) is 20.2. The maximum atomic E-state index is 12.8. The Kier molecular flexibility index (Phi) is 5.65. The lowest BCUT2D eigenvalue weighted by atomic mass is 10.0. The molecule has 0 saturated carbocycles. The fraction of sp³-hybridized carbons (Fsp3) is 0.333. The van der Waals surface area contributed by atoms with Crippen LogP contribution in [0.3, 0.4) is 0 Å². The molecule has 1 aromatic heterocycles. The van der Waals surface area contributed by atoms with Gasteiger partial charge in [0.15, 0.2) is 0 Å². The van der Waals surface area contributed by atoms with Crippen LogP contribution in [0.1, 0.15) is 17.5 Å². The first kappa shape index (κ1) is 19.2. The minimum absolute atomic E-state index is 0.233. The Balaban J connectivity index is 1.34. The van der Waals surface area contributed by atoms with E-state index < -0.39 is 0 Å². The van der Waals surface area contributed by atoms with Crippen LogP contribution in [0.25, 0.3) is 11.3 Å². The summed E-state index contributed by atoms with van der Waals surface area (Å²) in [6, 6.07) is 18.8. The Labute approximate surface area is 172 Å². The molecule has 0 unspecified atom stereocenters. The number of nitrogens with zero attached hydrogens (tertiary/aromatic N) is 4. The Bertz CT molecular complexity index is 954. The molecule has 0 atom stereocenters. The monoisotopic (exact) mass is 388 g/mol. The van der Waals surface area contributed by atoms with Crippen molar-refractivity contribution in [3.8, 4) is 11.3 Å². The topological polar surface area (TPSA) is 41.4 Å². The zero-order valence-electron chi connectivity index (χ0n) is 17.2. The van der Waals surface area contributed by atoms with Crippen LogP contribution in [0.4, 0.5) is 5.69 Å². The molecule has 4 rings (SSSR count). The summed E-state index contributed by atoms with van der Waals surface area (Å²) in [6.45, 7) is 5.44. The van der Waals surface area contributed by atoms with E-state index in [1.165, 1.54) is 11.3 Å². The first-order valence-electron chi connectivity index (χ1n) is 10.3. The highest BCUT2D eigenvalue weighted by molar-refractivity contribution is 5.77. The normalized spacial score (nSPS) is 14.3. The summed E-state index contributed by atoms with van der Waals surface area (Å²) >= 11 is 0. The highest BCUT2D eigenvalue weighted by Gasteiger charge is 2.21. The minimum Gasteiger partial charge on any atom is -0.368 e. The van der Waals surface area contributed by atoms with Crippen molar-refractivity contribution >= 4 is 11.6 Å². The summed E-state index contributed by atoms with van der Waals surface area (Å²) in [6.07, 6.45) is 3.27. The van der Waals surface area contributed by atoms with Gasteiger partial charge < -0.3 is 9.80 Å².